The number of rotatable bonds is 12. The van der Waals surface area contributed by atoms with Gasteiger partial charge >= 0.3 is 0 Å². The molecule has 192 valence electrons. The number of hydrogen-bond donors (Lipinski definition) is 0. The molecule has 2 aromatic carbocycles. The van der Waals surface area contributed by atoms with Gasteiger partial charge in [0.25, 0.3) is 5.91 Å². The Hall–Kier alpha value is -2.38. The van der Waals surface area contributed by atoms with E-state index in [4.69, 9.17) is 0 Å². The van der Waals surface area contributed by atoms with E-state index in [0.29, 0.717) is 25.2 Å². The van der Waals surface area contributed by atoms with Gasteiger partial charge in [-0.1, -0.05) is 77.3 Å². The maximum Gasteiger partial charge on any atom is 0.254 e. The summed E-state index contributed by atoms with van der Waals surface area (Å²) < 4.78 is 4.09. The zero-order valence-corrected chi connectivity index (χ0v) is 24.5. The predicted molar refractivity (Wildman–Crippen MR) is 153 cm³/mol. The molecule has 0 aliphatic heterocycles. The summed E-state index contributed by atoms with van der Waals surface area (Å²) in [5, 5.41) is 0. The Kier molecular flexibility index (Phi) is 10.8. The molecule has 0 radical (unpaired) electrons. The minimum Gasteiger partial charge on any atom is -0.345 e. The molecule has 0 atom stereocenters. The van der Waals surface area contributed by atoms with Gasteiger partial charge in [0.1, 0.15) is 6.54 Å². The van der Waals surface area contributed by atoms with E-state index in [9.17, 15) is 9.59 Å². The number of benzene rings is 2. The maximum atomic E-state index is 13.6. The molecule has 0 spiro atoms. The highest BCUT2D eigenvalue weighted by atomic mass is 79.9. The minimum absolute atomic E-state index is 0.0242. The van der Waals surface area contributed by atoms with Crippen molar-refractivity contribution in [3.05, 3.63) is 92.6 Å². The van der Waals surface area contributed by atoms with Crippen molar-refractivity contribution >= 4 is 43.7 Å². The molecule has 1 aromatic heterocycles. The lowest BCUT2D eigenvalue weighted by Gasteiger charge is -2.29. The third kappa shape index (κ3) is 8.34. The van der Waals surface area contributed by atoms with Crippen molar-refractivity contribution in [2.24, 2.45) is 5.92 Å². The molecule has 3 rings (SSSR count). The minimum atomic E-state index is -0.118. The van der Waals surface area contributed by atoms with E-state index in [1.165, 1.54) is 5.56 Å². The van der Waals surface area contributed by atoms with E-state index < -0.39 is 0 Å². The van der Waals surface area contributed by atoms with Crippen LogP contribution in [0.5, 0.6) is 0 Å². The molecule has 0 saturated carbocycles. The van der Waals surface area contributed by atoms with Crippen LogP contribution in [0, 0.1) is 5.92 Å². The van der Waals surface area contributed by atoms with Crippen molar-refractivity contribution in [1.29, 1.82) is 0 Å². The van der Waals surface area contributed by atoms with Crippen LogP contribution in [0.15, 0.2) is 75.8 Å². The molecule has 0 N–H and O–H groups in total. The zero-order chi connectivity index (χ0) is 26.1. The van der Waals surface area contributed by atoms with E-state index in [1.807, 2.05) is 41.3 Å². The Bertz CT molecular complexity index is 1140. The molecule has 0 aliphatic carbocycles. The van der Waals surface area contributed by atoms with Crippen molar-refractivity contribution in [2.45, 2.75) is 46.7 Å². The quantitative estimate of drug-likeness (QED) is 0.220. The first-order valence-electron chi connectivity index (χ1n) is 12.5. The lowest BCUT2D eigenvalue weighted by atomic mass is 10.1. The van der Waals surface area contributed by atoms with Gasteiger partial charge in [-0.3, -0.25) is 9.59 Å². The predicted octanol–water partition coefficient (Wildman–Crippen LogP) is 6.99. The van der Waals surface area contributed by atoms with Crippen LogP contribution in [0.4, 0.5) is 0 Å². The van der Waals surface area contributed by atoms with E-state index in [1.54, 1.807) is 11.0 Å². The van der Waals surface area contributed by atoms with Gasteiger partial charge in [0.05, 0.1) is 6.54 Å². The topological polar surface area (TPSA) is 45.6 Å². The van der Waals surface area contributed by atoms with Crippen LogP contribution in [-0.4, -0.2) is 45.8 Å². The average molecular weight is 617 g/mol. The monoisotopic (exact) mass is 615 g/mol. The molecule has 7 heteroatoms. The second-order valence-corrected chi connectivity index (χ2v) is 11.3. The summed E-state index contributed by atoms with van der Waals surface area (Å²) >= 11 is 6.94. The summed E-state index contributed by atoms with van der Waals surface area (Å²) in [6.45, 7) is 8.78. The Morgan fingerprint density at radius 3 is 2.36 bits per heavy atom. The zero-order valence-electron chi connectivity index (χ0n) is 21.3. The molecular weight excluding hydrogens is 582 g/mol. The van der Waals surface area contributed by atoms with Crippen LogP contribution in [0.25, 0.3) is 0 Å². The third-order valence-electron chi connectivity index (χ3n) is 5.95. The van der Waals surface area contributed by atoms with Gasteiger partial charge in [0.15, 0.2) is 0 Å². The highest BCUT2D eigenvalue weighted by molar-refractivity contribution is 9.10. The second kappa shape index (κ2) is 13.8. The van der Waals surface area contributed by atoms with E-state index in [2.05, 4.69) is 81.6 Å². The summed E-state index contributed by atoms with van der Waals surface area (Å²) in [5.74, 6) is 0.109. The van der Waals surface area contributed by atoms with Crippen molar-refractivity contribution < 1.29 is 9.59 Å². The number of aromatic nitrogens is 1. The number of amides is 2. The number of halogens is 2. The molecule has 1 heterocycles. The molecule has 0 unspecified atom stereocenters. The van der Waals surface area contributed by atoms with Gasteiger partial charge in [-0.25, -0.2) is 0 Å². The summed E-state index contributed by atoms with van der Waals surface area (Å²) in [7, 11) is 0. The Morgan fingerprint density at radius 1 is 0.944 bits per heavy atom. The van der Waals surface area contributed by atoms with Crippen LogP contribution < -0.4 is 0 Å². The normalized spacial score (nSPS) is 11.1. The van der Waals surface area contributed by atoms with Crippen LogP contribution in [0.3, 0.4) is 0 Å². The first-order chi connectivity index (χ1) is 17.3. The Labute approximate surface area is 231 Å². The van der Waals surface area contributed by atoms with Crippen molar-refractivity contribution in [2.75, 3.05) is 19.6 Å². The third-order valence-corrected chi connectivity index (χ3v) is 6.97. The van der Waals surface area contributed by atoms with E-state index >= 15 is 0 Å². The molecule has 0 saturated heterocycles. The van der Waals surface area contributed by atoms with Crippen LogP contribution in [-0.2, 0) is 17.9 Å². The van der Waals surface area contributed by atoms with Gasteiger partial charge < -0.3 is 14.4 Å². The molecule has 0 fully saturated rings. The number of hydrogen-bond acceptors (Lipinski definition) is 2. The van der Waals surface area contributed by atoms with Crippen LogP contribution in [0.1, 0.15) is 55.2 Å². The highest BCUT2D eigenvalue weighted by Gasteiger charge is 2.24. The van der Waals surface area contributed by atoms with Gasteiger partial charge in [-0.2, -0.15) is 0 Å². The summed E-state index contributed by atoms with van der Waals surface area (Å²) in [4.78, 5) is 30.5. The molecule has 3 aromatic rings. The summed E-state index contributed by atoms with van der Waals surface area (Å²) in [6, 6.07) is 19.7. The summed E-state index contributed by atoms with van der Waals surface area (Å²) in [6.07, 6.45) is 3.97. The molecular formula is C29H35Br2N3O2. The second-order valence-electron chi connectivity index (χ2n) is 9.51. The molecule has 0 aliphatic rings. The number of nitrogens with zero attached hydrogens (tertiary/aromatic N) is 3. The first-order valence-corrected chi connectivity index (χ1v) is 14.1. The SMILES string of the molecule is CCCCN(Cc1cccn1Cc1ccc(Br)cc1)C(=O)CN(CC(C)C)C(=O)c1cccc(Br)c1. The lowest BCUT2D eigenvalue weighted by Crippen LogP contribution is -2.44. The molecule has 0 bridgehead atoms. The fourth-order valence-corrected chi connectivity index (χ4v) is 4.76. The smallest absolute Gasteiger partial charge is 0.254 e. The van der Waals surface area contributed by atoms with Crippen LogP contribution >= 0.6 is 31.9 Å². The lowest BCUT2D eigenvalue weighted by molar-refractivity contribution is -0.132. The number of carbonyl (C=O) groups excluding carboxylic acids is 2. The van der Waals surface area contributed by atoms with Gasteiger partial charge in [-0.05, 0) is 60.4 Å². The fraction of sp³-hybridized carbons (Fsp3) is 0.379. The Balaban J connectivity index is 1.77. The van der Waals surface area contributed by atoms with Crippen molar-refractivity contribution in [1.82, 2.24) is 14.4 Å². The van der Waals surface area contributed by atoms with Gasteiger partial charge in [0, 0.05) is 46.0 Å². The van der Waals surface area contributed by atoms with Gasteiger partial charge in [0.2, 0.25) is 5.91 Å². The van der Waals surface area contributed by atoms with Crippen molar-refractivity contribution in [3.8, 4) is 0 Å². The summed E-state index contributed by atoms with van der Waals surface area (Å²) in [5.41, 5.74) is 2.86. The number of carbonyl (C=O) groups is 2. The highest BCUT2D eigenvalue weighted by Crippen LogP contribution is 2.17. The molecule has 2 amide bonds. The molecule has 5 nitrogen and oxygen atoms in total. The number of unbranched alkanes of at least 4 members (excludes halogenated alkanes) is 1. The Morgan fingerprint density at radius 2 is 1.69 bits per heavy atom. The average Bonchev–Trinajstić information content (AvgIpc) is 3.28. The van der Waals surface area contributed by atoms with E-state index in [-0.39, 0.29) is 24.3 Å². The maximum absolute atomic E-state index is 13.6. The molecule has 36 heavy (non-hydrogen) atoms. The fourth-order valence-electron chi connectivity index (χ4n) is 4.10. The largest absolute Gasteiger partial charge is 0.345 e. The van der Waals surface area contributed by atoms with E-state index in [0.717, 1.165) is 34.0 Å². The first kappa shape index (κ1) is 28.2. The van der Waals surface area contributed by atoms with Crippen molar-refractivity contribution in [3.63, 3.8) is 0 Å². The van der Waals surface area contributed by atoms with Gasteiger partial charge in [-0.15, -0.1) is 0 Å². The standard InChI is InChI=1S/C29H35Br2N3O2/c1-4-5-15-33(20-27-10-7-16-32(27)19-23-11-13-25(30)14-12-23)28(35)21-34(18-22(2)3)29(36)24-8-6-9-26(31)17-24/h6-14,16-17,22H,4-5,15,18-21H2,1-3H3. The van der Waals surface area contributed by atoms with Crippen LogP contribution in [0.2, 0.25) is 0 Å².